The summed E-state index contributed by atoms with van der Waals surface area (Å²) in [6.45, 7) is 2.46. The Labute approximate surface area is 119 Å². The fraction of sp³-hybridized carbons (Fsp3) is 0.750. The van der Waals surface area contributed by atoms with Crippen LogP contribution in [0.4, 0.5) is 0 Å². The van der Waals surface area contributed by atoms with E-state index in [2.05, 4.69) is 4.99 Å². The number of nitrogens with zero attached hydrogens (tertiary/aromatic N) is 2. The first-order valence-electron chi connectivity index (χ1n) is 6.70. The minimum atomic E-state index is -1.04. The van der Waals surface area contributed by atoms with Crippen molar-refractivity contribution < 1.29 is 14.7 Å². The second-order valence-electron chi connectivity index (χ2n) is 4.56. The van der Waals surface area contributed by atoms with Crippen LogP contribution in [0.1, 0.15) is 32.6 Å². The van der Waals surface area contributed by atoms with E-state index in [0.29, 0.717) is 25.9 Å². The fourth-order valence-corrected chi connectivity index (χ4v) is 1.66. The average molecular weight is 287 g/mol. The molecule has 8 nitrogen and oxygen atoms in total. The van der Waals surface area contributed by atoms with E-state index in [4.69, 9.17) is 22.3 Å². The molecule has 0 fully saturated rings. The van der Waals surface area contributed by atoms with Crippen molar-refractivity contribution in [2.45, 2.75) is 38.6 Å². The van der Waals surface area contributed by atoms with Crippen molar-refractivity contribution in [1.82, 2.24) is 4.90 Å². The summed E-state index contributed by atoms with van der Waals surface area (Å²) in [6, 6.07) is -0.722. The molecule has 0 aromatic heterocycles. The molecule has 1 atom stereocenters. The zero-order valence-corrected chi connectivity index (χ0v) is 11.9. The minimum absolute atomic E-state index is 0.000322. The SMILES string of the molecule is CCCCN(CC(=O)O)C(=O)[C@@H](N)CCCN=C(N)N. The van der Waals surface area contributed by atoms with Crippen molar-refractivity contribution in [2.75, 3.05) is 19.6 Å². The molecule has 8 heteroatoms. The predicted octanol–water partition coefficient (Wildman–Crippen LogP) is -0.919. The van der Waals surface area contributed by atoms with E-state index in [1.54, 1.807) is 0 Å². The van der Waals surface area contributed by atoms with Gasteiger partial charge in [0.15, 0.2) is 5.96 Å². The zero-order chi connectivity index (χ0) is 15.5. The molecule has 0 aromatic carbocycles. The van der Waals surface area contributed by atoms with E-state index in [-0.39, 0.29) is 18.4 Å². The number of hydrogen-bond donors (Lipinski definition) is 4. The molecule has 0 aliphatic rings. The number of aliphatic imine (C=N–C) groups is 1. The normalized spacial score (nSPS) is 11.7. The van der Waals surface area contributed by atoms with E-state index in [9.17, 15) is 9.59 Å². The van der Waals surface area contributed by atoms with Gasteiger partial charge in [-0.15, -0.1) is 0 Å². The smallest absolute Gasteiger partial charge is 0.323 e. The Morgan fingerprint density at radius 2 is 1.95 bits per heavy atom. The maximum Gasteiger partial charge on any atom is 0.323 e. The lowest BCUT2D eigenvalue weighted by Crippen LogP contribution is -2.46. The van der Waals surface area contributed by atoms with E-state index in [1.807, 2.05) is 6.92 Å². The lowest BCUT2D eigenvalue weighted by atomic mass is 10.1. The number of carboxylic acid groups (broad SMARTS) is 1. The van der Waals surface area contributed by atoms with Crippen LogP contribution < -0.4 is 17.2 Å². The molecule has 20 heavy (non-hydrogen) atoms. The van der Waals surface area contributed by atoms with Crippen LogP contribution in [0.15, 0.2) is 4.99 Å². The first-order chi connectivity index (χ1) is 9.38. The number of carbonyl (C=O) groups excluding carboxylic acids is 1. The maximum atomic E-state index is 12.1. The van der Waals surface area contributed by atoms with Gasteiger partial charge in [0, 0.05) is 13.1 Å². The summed E-state index contributed by atoms with van der Waals surface area (Å²) < 4.78 is 0. The Hall–Kier alpha value is -1.83. The molecular weight excluding hydrogens is 262 g/mol. The van der Waals surface area contributed by atoms with Crippen molar-refractivity contribution in [2.24, 2.45) is 22.2 Å². The standard InChI is InChI=1S/C12H25N5O3/c1-2-3-7-17(8-10(18)19)11(20)9(13)5-4-6-16-12(14)15/h9H,2-8,13H2,1H3,(H,18,19)(H4,14,15,16)/t9-/m0/s1. The molecule has 0 aliphatic carbocycles. The second kappa shape index (κ2) is 10.0. The minimum Gasteiger partial charge on any atom is -0.480 e. The van der Waals surface area contributed by atoms with Crippen LogP contribution in [0.3, 0.4) is 0 Å². The Kier molecular flexibility index (Phi) is 9.10. The Morgan fingerprint density at radius 3 is 2.45 bits per heavy atom. The van der Waals surface area contributed by atoms with Gasteiger partial charge in [0.2, 0.25) is 5.91 Å². The van der Waals surface area contributed by atoms with E-state index < -0.39 is 12.0 Å². The molecule has 0 unspecified atom stereocenters. The quantitative estimate of drug-likeness (QED) is 0.232. The molecule has 0 bridgehead atoms. The van der Waals surface area contributed by atoms with Crippen molar-refractivity contribution in [1.29, 1.82) is 0 Å². The molecule has 1 amide bonds. The maximum absolute atomic E-state index is 12.1. The van der Waals surface area contributed by atoms with Crippen molar-refractivity contribution in [3.05, 3.63) is 0 Å². The highest BCUT2D eigenvalue weighted by Crippen LogP contribution is 2.03. The second-order valence-corrected chi connectivity index (χ2v) is 4.56. The summed E-state index contributed by atoms with van der Waals surface area (Å²) in [7, 11) is 0. The number of hydrogen-bond acceptors (Lipinski definition) is 4. The topological polar surface area (TPSA) is 148 Å². The number of unbranched alkanes of at least 4 members (excludes halogenated alkanes) is 1. The number of aliphatic carboxylic acids is 1. The lowest BCUT2D eigenvalue weighted by Gasteiger charge is -2.23. The number of rotatable bonds is 10. The van der Waals surface area contributed by atoms with Gasteiger partial charge in [-0.25, -0.2) is 0 Å². The van der Waals surface area contributed by atoms with Gasteiger partial charge in [-0.05, 0) is 19.3 Å². The Balaban J connectivity index is 4.31. The fourth-order valence-electron chi connectivity index (χ4n) is 1.66. The third-order valence-corrected chi connectivity index (χ3v) is 2.70. The third-order valence-electron chi connectivity index (χ3n) is 2.70. The van der Waals surface area contributed by atoms with Crippen LogP contribution in [-0.4, -0.2) is 53.5 Å². The first-order valence-corrected chi connectivity index (χ1v) is 6.70. The molecule has 0 saturated heterocycles. The van der Waals surface area contributed by atoms with Crippen molar-refractivity contribution in [3.8, 4) is 0 Å². The van der Waals surface area contributed by atoms with Crippen LogP contribution in [0.2, 0.25) is 0 Å². The number of guanidine groups is 1. The van der Waals surface area contributed by atoms with Gasteiger partial charge in [0.25, 0.3) is 0 Å². The lowest BCUT2D eigenvalue weighted by molar-refractivity contribution is -0.145. The van der Waals surface area contributed by atoms with Gasteiger partial charge in [-0.3, -0.25) is 14.6 Å². The monoisotopic (exact) mass is 287 g/mol. The van der Waals surface area contributed by atoms with Gasteiger partial charge >= 0.3 is 5.97 Å². The van der Waals surface area contributed by atoms with E-state index in [0.717, 1.165) is 12.8 Å². The van der Waals surface area contributed by atoms with Crippen LogP contribution in [-0.2, 0) is 9.59 Å². The van der Waals surface area contributed by atoms with Crippen LogP contribution in [0, 0.1) is 0 Å². The highest BCUT2D eigenvalue weighted by atomic mass is 16.4. The molecular formula is C12H25N5O3. The Bertz CT molecular complexity index is 342. The number of amides is 1. The molecule has 116 valence electrons. The number of nitrogens with two attached hydrogens (primary N) is 3. The van der Waals surface area contributed by atoms with Gasteiger partial charge in [0.1, 0.15) is 6.54 Å². The van der Waals surface area contributed by atoms with Gasteiger partial charge < -0.3 is 27.2 Å². The molecule has 0 radical (unpaired) electrons. The van der Waals surface area contributed by atoms with Gasteiger partial charge in [0.05, 0.1) is 6.04 Å². The molecule has 0 spiro atoms. The molecule has 0 heterocycles. The summed E-state index contributed by atoms with van der Waals surface area (Å²) in [5.74, 6) is -1.38. The van der Waals surface area contributed by atoms with Crippen LogP contribution >= 0.6 is 0 Å². The zero-order valence-electron chi connectivity index (χ0n) is 11.9. The van der Waals surface area contributed by atoms with E-state index in [1.165, 1.54) is 4.90 Å². The highest BCUT2D eigenvalue weighted by Gasteiger charge is 2.22. The van der Waals surface area contributed by atoms with E-state index >= 15 is 0 Å². The summed E-state index contributed by atoms with van der Waals surface area (Å²) in [5, 5.41) is 8.81. The molecule has 0 saturated carbocycles. The summed E-state index contributed by atoms with van der Waals surface area (Å²) in [6.07, 6.45) is 2.61. The van der Waals surface area contributed by atoms with Crippen LogP contribution in [0.5, 0.6) is 0 Å². The molecule has 0 aromatic rings. The highest BCUT2D eigenvalue weighted by molar-refractivity contribution is 5.85. The first kappa shape index (κ1) is 18.2. The molecule has 0 rings (SSSR count). The summed E-state index contributed by atoms with van der Waals surface area (Å²) in [4.78, 5) is 27.9. The Morgan fingerprint density at radius 1 is 1.30 bits per heavy atom. The van der Waals surface area contributed by atoms with Crippen LogP contribution in [0.25, 0.3) is 0 Å². The largest absolute Gasteiger partial charge is 0.480 e. The molecule has 7 N–H and O–H groups in total. The van der Waals surface area contributed by atoms with Gasteiger partial charge in [-0.1, -0.05) is 13.3 Å². The third kappa shape index (κ3) is 8.30. The average Bonchev–Trinajstić information content (AvgIpc) is 2.37. The van der Waals surface area contributed by atoms with Crippen molar-refractivity contribution in [3.63, 3.8) is 0 Å². The van der Waals surface area contributed by atoms with Gasteiger partial charge in [-0.2, -0.15) is 0 Å². The summed E-state index contributed by atoms with van der Waals surface area (Å²) in [5.41, 5.74) is 16.2. The predicted molar refractivity (Wildman–Crippen MR) is 77.0 cm³/mol. The number of carboxylic acids is 1. The summed E-state index contributed by atoms with van der Waals surface area (Å²) >= 11 is 0. The molecule has 0 aliphatic heterocycles. The number of carbonyl (C=O) groups is 2. The van der Waals surface area contributed by atoms with Crippen molar-refractivity contribution >= 4 is 17.8 Å².